The van der Waals surface area contributed by atoms with Crippen molar-refractivity contribution in [3.63, 3.8) is 0 Å². The Morgan fingerprint density at radius 2 is 2.00 bits per heavy atom. The van der Waals surface area contributed by atoms with Crippen molar-refractivity contribution < 1.29 is 14.3 Å². The number of ether oxygens (including phenoxy) is 2. The Kier molecular flexibility index (Phi) is 7.02. The molecule has 0 saturated heterocycles. The van der Waals surface area contributed by atoms with Crippen molar-refractivity contribution in [1.29, 1.82) is 0 Å². The highest BCUT2D eigenvalue weighted by Gasteiger charge is 2.24. The van der Waals surface area contributed by atoms with Crippen molar-refractivity contribution in [2.45, 2.75) is 71.2 Å². The topological polar surface area (TPSA) is 35.5 Å². The molecule has 1 unspecified atom stereocenters. The first-order valence-electron chi connectivity index (χ1n) is 7.18. The summed E-state index contributed by atoms with van der Waals surface area (Å²) >= 11 is 0. The molecule has 0 bridgehead atoms. The van der Waals surface area contributed by atoms with Crippen LogP contribution < -0.4 is 0 Å². The van der Waals surface area contributed by atoms with Crippen LogP contribution in [0.5, 0.6) is 0 Å². The van der Waals surface area contributed by atoms with Crippen LogP contribution in [-0.4, -0.2) is 18.4 Å². The van der Waals surface area contributed by atoms with E-state index in [1.165, 1.54) is 31.8 Å². The minimum atomic E-state index is -0.414. The van der Waals surface area contributed by atoms with Crippen LogP contribution in [0.25, 0.3) is 0 Å². The average Bonchev–Trinajstić information content (AvgIpc) is 2.40. The molecule has 0 heterocycles. The Hall–Kier alpha value is -0.830. The molecule has 0 aliphatic heterocycles. The van der Waals surface area contributed by atoms with E-state index in [9.17, 15) is 4.79 Å². The summed E-state index contributed by atoms with van der Waals surface area (Å²) in [6, 6.07) is 0. The van der Waals surface area contributed by atoms with Crippen LogP contribution >= 0.6 is 0 Å². The van der Waals surface area contributed by atoms with Gasteiger partial charge in [-0.2, -0.15) is 0 Å². The van der Waals surface area contributed by atoms with Crippen LogP contribution in [0.15, 0.2) is 12.7 Å². The maximum Gasteiger partial charge on any atom is 0.332 e. The maximum atomic E-state index is 11.1. The highest BCUT2D eigenvalue weighted by molar-refractivity contribution is 5.81. The predicted octanol–water partition coefficient (Wildman–Crippen LogP) is 3.83. The predicted molar refractivity (Wildman–Crippen MR) is 72.1 cm³/mol. The Balaban J connectivity index is 2.29. The second-order valence-electron chi connectivity index (χ2n) is 5.05. The molecule has 0 aromatic carbocycles. The highest BCUT2D eigenvalue weighted by atomic mass is 16.7. The summed E-state index contributed by atoms with van der Waals surface area (Å²) in [4.78, 5) is 11.1. The monoisotopic (exact) mass is 254 g/mol. The molecule has 0 radical (unpaired) electrons. The van der Waals surface area contributed by atoms with E-state index in [0.29, 0.717) is 6.42 Å². The minimum absolute atomic E-state index is 0.251. The summed E-state index contributed by atoms with van der Waals surface area (Å²) in [6.45, 7) is 7.60. The first-order valence-corrected chi connectivity index (χ1v) is 7.18. The second kappa shape index (κ2) is 8.30. The zero-order chi connectivity index (χ0) is 13.4. The van der Waals surface area contributed by atoms with Gasteiger partial charge in [-0.15, -0.1) is 0 Å². The number of hydrogen-bond acceptors (Lipinski definition) is 3. The SMILES string of the molecule is C=CC(=O)OC(CC)OC1CCC(CCC)CC1. The van der Waals surface area contributed by atoms with Gasteiger partial charge in [0.1, 0.15) is 0 Å². The van der Waals surface area contributed by atoms with E-state index in [1.807, 2.05) is 6.92 Å². The van der Waals surface area contributed by atoms with Crippen molar-refractivity contribution in [2.24, 2.45) is 5.92 Å². The molecule has 0 amide bonds. The molecule has 0 aromatic rings. The van der Waals surface area contributed by atoms with Crippen LogP contribution in [0.4, 0.5) is 0 Å². The zero-order valence-corrected chi connectivity index (χ0v) is 11.7. The van der Waals surface area contributed by atoms with E-state index in [0.717, 1.165) is 18.8 Å². The fourth-order valence-electron chi connectivity index (χ4n) is 2.56. The molecule has 1 atom stereocenters. The molecular formula is C15H26O3. The van der Waals surface area contributed by atoms with Gasteiger partial charge in [-0.25, -0.2) is 4.79 Å². The van der Waals surface area contributed by atoms with Gasteiger partial charge in [0.05, 0.1) is 6.10 Å². The third kappa shape index (κ3) is 5.21. The molecule has 0 aromatic heterocycles. The lowest BCUT2D eigenvalue weighted by Gasteiger charge is -2.30. The molecular weight excluding hydrogens is 228 g/mol. The third-order valence-electron chi connectivity index (χ3n) is 3.58. The molecule has 1 aliphatic carbocycles. The molecule has 0 spiro atoms. The number of rotatable bonds is 7. The standard InChI is InChI=1S/C15H26O3/c1-4-7-12-8-10-13(11-9-12)17-15(6-3)18-14(16)5-2/h5,12-13,15H,2,4,6-11H2,1,3H3. The van der Waals surface area contributed by atoms with Crippen molar-refractivity contribution in [1.82, 2.24) is 0 Å². The van der Waals surface area contributed by atoms with E-state index in [2.05, 4.69) is 13.5 Å². The van der Waals surface area contributed by atoms with Crippen LogP contribution in [0.2, 0.25) is 0 Å². The lowest BCUT2D eigenvalue weighted by atomic mass is 9.85. The average molecular weight is 254 g/mol. The van der Waals surface area contributed by atoms with Crippen LogP contribution in [0.1, 0.15) is 58.8 Å². The Labute approximate surface area is 111 Å². The van der Waals surface area contributed by atoms with Gasteiger partial charge in [0.25, 0.3) is 0 Å². The van der Waals surface area contributed by atoms with E-state index in [1.54, 1.807) is 0 Å². The van der Waals surface area contributed by atoms with Gasteiger partial charge in [-0.1, -0.05) is 33.3 Å². The molecule has 104 valence electrons. The minimum Gasteiger partial charge on any atom is -0.433 e. The van der Waals surface area contributed by atoms with Crippen molar-refractivity contribution in [3.05, 3.63) is 12.7 Å². The Morgan fingerprint density at radius 1 is 1.33 bits per heavy atom. The van der Waals surface area contributed by atoms with Crippen molar-refractivity contribution in [2.75, 3.05) is 0 Å². The molecule has 18 heavy (non-hydrogen) atoms. The van der Waals surface area contributed by atoms with Gasteiger partial charge in [-0.3, -0.25) is 0 Å². The molecule has 3 heteroatoms. The molecule has 1 aliphatic rings. The van der Waals surface area contributed by atoms with Crippen LogP contribution in [-0.2, 0) is 14.3 Å². The smallest absolute Gasteiger partial charge is 0.332 e. The number of carbonyl (C=O) groups is 1. The summed E-state index contributed by atoms with van der Waals surface area (Å²) < 4.78 is 11.0. The first-order chi connectivity index (χ1) is 8.69. The zero-order valence-electron chi connectivity index (χ0n) is 11.7. The Bertz CT molecular complexity index is 254. The van der Waals surface area contributed by atoms with E-state index < -0.39 is 12.3 Å². The summed E-state index contributed by atoms with van der Waals surface area (Å²) in [5, 5.41) is 0. The fourth-order valence-corrected chi connectivity index (χ4v) is 2.56. The van der Waals surface area contributed by atoms with E-state index in [-0.39, 0.29) is 6.10 Å². The fraction of sp³-hybridized carbons (Fsp3) is 0.800. The van der Waals surface area contributed by atoms with Gasteiger partial charge in [0, 0.05) is 12.5 Å². The van der Waals surface area contributed by atoms with Crippen molar-refractivity contribution in [3.8, 4) is 0 Å². The summed E-state index contributed by atoms with van der Waals surface area (Å²) in [6.07, 6.45) is 8.97. The summed E-state index contributed by atoms with van der Waals surface area (Å²) in [7, 11) is 0. The number of hydrogen-bond donors (Lipinski definition) is 0. The van der Waals surface area contributed by atoms with E-state index >= 15 is 0 Å². The molecule has 1 rings (SSSR count). The molecule has 0 N–H and O–H groups in total. The van der Waals surface area contributed by atoms with Gasteiger partial charge in [0.2, 0.25) is 6.29 Å². The lowest BCUT2D eigenvalue weighted by molar-refractivity contribution is -0.189. The molecule has 1 fully saturated rings. The number of esters is 1. The van der Waals surface area contributed by atoms with Crippen molar-refractivity contribution >= 4 is 5.97 Å². The van der Waals surface area contributed by atoms with Crippen LogP contribution in [0.3, 0.4) is 0 Å². The van der Waals surface area contributed by atoms with Gasteiger partial charge in [-0.05, 0) is 31.6 Å². The van der Waals surface area contributed by atoms with Gasteiger partial charge >= 0.3 is 5.97 Å². The molecule has 3 nitrogen and oxygen atoms in total. The largest absolute Gasteiger partial charge is 0.433 e. The van der Waals surface area contributed by atoms with Gasteiger partial charge < -0.3 is 9.47 Å². The Morgan fingerprint density at radius 3 is 2.50 bits per heavy atom. The van der Waals surface area contributed by atoms with Crippen LogP contribution in [0, 0.1) is 5.92 Å². The summed E-state index contributed by atoms with van der Waals surface area (Å²) in [5.41, 5.74) is 0. The first kappa shape index (κ1) is 15.2. The normalized spacial score (nSPS) is 25.4. The second-order valence-corrected chi connectivity index (χ2v) is 5.05. The number of carbonyl (C=O) groups excluding carboxylic acids is 1. The highest BCUT2D eigenvalue weighted by Crippen LogP contribution is 2.30. The third-order valence-corrected chi connectivity index (χ3v) is 3.58. The lowest BCUT2D eigenvalue weighted by Crippen LogP contribution is -2.29. The maximum absolute atomic E-state index is 11.1. The van der Waals surface area contributed by atoms with E-state index in [4.69, 9.17) is 9.47 Å². The molecule has 1 saturated carbocycles. The summed E-state index contributed by atoms with van der Waals surface area (Å²) in [5.74, 6) is 0.465. The quantitative estimate of drug-likeness (QED) is 0.393. The van der Waals surface area contributed by atoms with Gasteiger partial charge in [0.15, 0.2) is 0 Å².